The fourth-order valence-electron chi connectivity index (χ4n) is 2.97. The zero-order chi connectivity index (χ0) is 14.4. The summed E-state index contributed by atoms with van der Waals surface area (Å²) in [6.45, 7) is 4.70. The summed E-state index contributed by atoms with van der Waals surface area (Å²) in [6, 6.07) is 0. The van der Waals surface area contributed by atoms with Gasteiger partial charge in [-0.2, -0.15) is 0 Å². The van der Waals surface area contributed by atoms with Gasteiger partial charge in [-0.3, -0.25) is 14.5 Å². The highest BCUT2D eigenvalue weighted by molar-refractivity contribution is 5.72. The molecule has 1 aliphatic rings. The summed E-state index contributed by atoms with van der Waals surface area (Å²) in [4.78, 5) is 23.0. The molecular weight excluding hydrogens is 246 g/mol. The number of hydrogen-bond donors (Lipinski definition) is 2. The molecule has 5 nitrogen and oxygen atoms in total. The molecule has 0 spiro atoms. The Balaban J connectivity index is 2.42. The summed E-state index contributed by atoms with van der Waals surface area (Å²) < 4.78 is 0. The molecule has 0 atom stereocenters. The van der Waals surface area contributed by atoms with Crippen LogP contribution in [0.5, 0.6) is 0 Å². The van der Waals surface area contributed by atoms with Gasteiger partial charge in [0.15, 0.2) is 0 Å². The van der Waals surface area contributed by atoms with Crippen molar-refractivity contribution in [1.82, 2.24) is 4.90 Å². The maximum atomic E-state index is 10.7. The third-order valence-electron chi connectivity index (χ3n) is 4.07. The molecule has 110 valence electrons. The average molecular weight is 271 g/mol. The highest BCUT2D eigenvalue weighted by Gasteiger charge is 2.25. The molecule has 0 unspecified atom stereocenters. The molecule has 0 aromatic heterocycles. The van der Waals surface area contributed by atoms with Crippen molar-refractivity contribution < 1.29 is 19.8 Å². The minimum absolute atomic E-state index is 0.184. The SMILES string of the molecule is CC(C)C1CCC(CN(CC(=O)O)CC(=O)O)CC1. The lowest BCUT2D eigenvalue weighted by Gasteiger charge is -2.33. The maximum absolute atomic E-state index is 10.7. The maximum Gasteiger partial charge on any atom is 0.317 e. The van der Waals surface area contributed by atoms with Crippen molar-refractivity contribution >= 4 is 11.9 Å². The molecule has 0 radical (unpaired) electrons. The summed E-state index contributed by atoms with van der Waals surface area (Å²) in [5, 5.41) is 17.6. The number of hydrogen-bond acceptors (Lipinski definition) is 3. The van der Waals surface area contributed by atoms with E-state index < -0.39 is 11.9 Å². The molecule has 2 N–H and O–H groups in total. The first kappa shape index (κ1) is 16.0. The van der Waals surface area contributed by atoms with Crippen LogP contribution in [0.1, 0.15) is 39.5 Å². The minimum atomic E-state index is -0.961. The van der Waals surface area contributed by atoms with Crippen molar-refractivity contribution in [2.24, 2.45) is 17.8 Å². The second-order valence-electron chi connectivity index (χ2n) is 5.98. The number of carbonyl (C=O) groups is 2. The van der Waals surface area contributed by atoms with E-state index in [1.807, 2.05) is 0 Å². The van der Waals surface area contributed by atoms with E-state index in [1.54, 1.807) is 0 Å². The van der Waals surface area contributed by atoms with E-state index in [0.717, 1.165) is 18.8 Å². The van der Waals surface area contributed by atoms with Gasteiger partial charge in [0.2, 0.25) is 0 Å². The van der Waals surface area contributed by atoms with Crippen molar-refractivity contribution in [3.8, 4) is 0 Å². The van der Waals surface area contributed by atoms with Gasteiger partial charge in [-0.15, -0.1) is 0 Å². The van der Waals surface area contributed by atoms with E-state index in [-0.39, 0.29) is 13.1 Å². The third kappa shape index (κ3) is 6.05. The summed E-state index contributed by atoms with van der Waals surface area (Å²) >= 11 is 0. The zero-order valence-corrected chi connectivity index (χ0v) is 11.8. The highest BCUT2D eigenvalue weighted by atomic mass is 16.4. The lowest BCUT2D eigenvalue weighted by atomic mass is 9.77. The Bertz CT molecular complexity index is 293. The van der Waals surface area contributed by atoms with E-state index >= 15 is 0 Å². The fraction of sp³-hybridized carbons (Fsp3) is 0.857. The average Bonchev–Trinajstić information content (AvgIpc) is 2.27. The van der Waals surface area contributed by atoms with Crippen molar-refractivity contribution in [2.75, 3.05) is 19.6 Å². The van der Waals surface area contributed by atoms with Gasteiger partial charge in [0.1, 0.15) is 0 Å². The predicted molar refractivity (Wildman–Crippen MR) is 72.0 cm³/mol. The van der Waals surface area contributed by atoms with E-state index in [0.29, 0.717) is 18.4 Å². The van der Waals surface area contributed by atoms with E-state index in [1.165, 1.54) is 17.7 Å². The van der Waals surface area contributed by atoms with Gasteiger partial charge in [0.05, 0.1) is 13.1 Å². The normalized spacial score (nSPS) is 23.8. The molecule has 1 fully saturated rings. The fourth-order valence-corrected chi connectivity index (χ4v) is 2.97. The van der Waals surface area contributed by atoms with Crippen LogP contribution in [0.3, 0.4) is 0 Å². The molecular formula is C14H25NO4. The Kier molecular flexibility index (Phi) is 6.28. The number of carboxylic acid groups (broad SMARTS) is 2. The monoisotopic (exact) mass is 271 g/mol. The second-order valence-corrected chi connectivity index (χ2v) is 5.98. The minimum Gasteiger partial charge on any atom is -0.480 e. The first-order valence-corrected chi connectivity index (χ1v) is 7.04. The van der Waals surface area contributed by atoms with Crippen LogP contribution >= 0.6 is 0 Å². The molecule has 1 aliphatic carbocycles. The van der Waals surface area contributed by atoms with Crippen molar-refractivity contribution in [3.05, 3.63) is 0 Å². The molecule has 0 aromatic carbocycles. The summed E-state index contributed by atoms with van der Waals surface area (Å²) in [7, 11) is 0. The van der Waals surface area contributed by atoms with Crippen LogP contribution in [0.2, 0.25) is 0 Å². The van der Waals surface area contributed by atoms with Gasteiger partial charge >= 0.3 is 11.9 Å². The van der Waals surface area contributed by atoms with E-state index in [2.05, 4.69) is 13.8 Å². The summed E-state index contributed by atoms with van der Waals surface area (Å²) in [5.41, 5.74) is 0. The Morgan fingerprint density at radius 1 is 1.05 bits per heavy atom. The highest BCUT2D eigenvalue weighted by Crippen LogP contribution is 2.33. The van der Waals surface area contributed by atoms with Crippen LogP contribution in [0.25, 0.3) is 0 Å². The van der Waals surface area contributed by atoms with Crippen LogP contribution in [0.4, 0.5) is 0 Å². The first-order valence-electron chi connectivity index (χ1n) is 7.04. The third-order valence-corrected chi connectivity index (χ3v) is 4.07. The quantitative estimate of drug-likeness (QED) is 0.739. The Morgan fingerprint density at radius 2 is 1.53 bits per heavy atom. The van der Waals surface area contributed by atoms with Crippen molar-refractivity contribution in [2.45, 2.75) is 39.5 Å². The van der Waals surface area contributed by atoms with Gasteiger partial charge in [-0.05, 0) is 43.4 Å². The molecule has 5 heteroatoms. The Morgan fingerprint density at radius 3 is 1.89 bits per heavy atom. The lowest BCUT2D eigenvalue weighted by Crippen LogP contribution is -2.39. The second kappa shape index (κ2) is 7.48. The van der Waals surface area contributed by atoms with E-state index in [4.69, 9.17) is 10.2 Å². The molecule has 1 rings (SSSR count). The molecule has 1 saturated carbocycles. The van der Waals surface area contributed by atoms with Gasteiger partial charge in [-0.1, -0.05) is 13.8 Å². The topological polar surface area (TPSA) is 77.8 Å². The Hall–Kier alpha value is -1.10. The van der Waals surface area contributed by atoms with Crippen molar-refractivity contribution in [3.63, 3.8) is 0 Å². The number of aliphatic carboxylic acids is 2. The zero-order valence-electron chi connectivity index (χ0n) is 11.8. The Labute approximate surface area is 114 Å². The van der Waals surface area contributed by atoms with Crippen molar-refractivity contribution in [1.29, 1.82) is 0 Å². The predicted octanol–water partition coefficient (Wildman–Crippen LogP) is 1.92. The summed E-state index contributed by atoms with van der Waals surface area (Å²) in [6.07, 6.45) is 4.52. The van der Waals surface area contributed by atoms with Gasteiger partial charge in [-0.25, -0.2) is 0 Å². The molecule has 0 aromatic rings. The van der Waals surface area contributed by atoms with Gasteiger partial charge in [0, 0.05) is 6.54 Å². The lowest BCUT2D eigenvalue weighted by molar-refractivity contribution is -0.142. The van der Waals surface area contributed by atoms with Crippen LogP contribution in [0, 0.1) is 17.8 Å². The van der Waals surface area contributed by atoms with Gasteiger partial charge < -0.3 is 10.2 Å². The number of carboxylic acids is 2. The van der Waals surface area contributed by atoms with Crippen LogP contribution < -0.4 is 0 Å². The molecule has 0 amide bonds. The molecule has 0 bridgehead atoms. The van der Waals surface area contributed by atoms with Crippen LogP contribution in [-0.4, -0.2) is 46.7 Å². The van der Waals surface area contributed by atoms with Crippen LogP contribution in [-0.2, 0) is 9.59 Å². The standard InChI is InChI=1S/C14H25NO4/c1-10(2)12-5-3-11(4-6-12)7-15(8-13(16)17)9-14(18)19/h10-12H,3-9H2,1-2H3,(H,16,17)(H,18,19). The van der Waals surface area contributed by atoms with Crippen LogP contribution in [0.15, 0.2) is 0 Å². The molecule has 0 aliphatic heterocycles. The number of nitrogens with zero attached hydrogens (tertiary/aromatic N) is 1. The molecule has 19 heavy (non-hydrogen) atoms. The van der Waals surface area contributed by atoms with E-state index in [9.17, 15) is 9.59 Å². The number of rotatable bonds is 7. The first-order chi connectivity index (χ1) is 8.88. The summed E-state index contributed by atoms with van der Waals surface area (Å²) in [5.74, 6) is -0.0123. The smallest absolute Gasteiger partial charge is 0.317 e. The van der Waals surface area contributed by atoms with Gasteiger partial charge in [0.25, 0.3) is 0 Å². The molecule has 0 heterocycles. The molecule has 0 saturated heterocycles. The largest absolute Gasteiger partial charge is 0.480 e.